The zero-order chi connectivity index (χ0) is 17.5. The molecule has 0 amide bonds. The van der Waals surface area contributed by atoms with Gasteiger partial charge in [-0.15, -0.1) is 0 Å². The molecule has 0 heterocycles. The summed E-state index contributed by atoms with van der Waals surface area (Å²) in [7, 11) is 0. The van der Waals surface area contributed by atoms with Crippen molar-refractivity contribution in [3.63, 3.8) is 0 Å². The summed E-state index contributed by atoms with van der Waals surface area (Å²) in [5.41, 5.74) is 3.92. The smallest absolute Gasteiger partial charge is 0.0952 e. The molecular weight excluding hydrogens is 370 g/mol. The maximum atomic E-state index is 4.83. The first-order chi connectivity index (χ1) is 10.6. The van der Waals surface area contributed by atoms with E-state index in [1.165, 1.54) is 16.7 Å². The molecule has 0 aliphatic rings. The van der Waals surface area contributed by atoms with E-state index < -0.39 is 3.25 Å². The van der Waals surface area contributed by atoms with Crippen LogP contribution in [0.3, 0.4) is 0 Å². The third-order valence-electron chi connectivity index (χ3n) is 3.39. The normalized spacial score (nSPS) is 11.4. The van der Waals surface area contributed by atoms with Crippen LogP contribution in [0, 0.1) is 0 Å². The third-order valence-corrected chi connectivity index (χ3v) is 3.39. The average molecular weight is 390 g/mol. The Kier molecular flexibility index (Phi) is 7.97. The predicted molar refractivity (Wildman–Crippen MR) is 106 cm³/mol. The zero-order valence-electron chi connectivity index (χ0n) is 13.2. The lowest BCUT2D eigenvalue weighted by molar-refractivity contribution is 0.542. The Morgan fingerprint density at radius 2 is 1.22 bits per heavy atom. The fraction of sp³-hybridized carbons (Fsp3) is 0.263. The fourth-order valence-electron chi connectivity index (χ4n) is 2.30. The van der Waals surface area contributed by atoms with E-state index in [1.807, 2.05) is 6.07 Å². The number of hydrogen-bond donors (Lipinski definition) is 0. The van der Waals surface area contributed by atoms with Crippen molar-refractivity contribution in [3.05, 3.63) is 78.4 Å². The summed E-state index contributed by atoms with van der Waals surface area (Å²) >= 11 is 19.3. The van der Waals surface area contributed by atoms with E-state index in [2.05, 4.69) is 75.0 Å². The number of rotatable bonds is 4. The van der Waals surface area contributed by atoms with E-state index in [0.717, 1.165) is 6.42 Å². The van der Waals surface area contributed by atoms with Gasteiger partial charge in [0.2, 0.25) is 0 Å². The van der Waals surface area contributed by atoms with Crippen molar-refractivity contribution in [2.75, 3.05) is 0 Å². The molecule has 124 valence electrons. The molecule has 0 saturated heterocycles. The highest BCUT2D eigenvalue weighted by molar-refractivity contribution is 6.83. The Balaban J connectivity index is 0.000000463. The lowest BCUT2D eigenvalue weighted by atomic mass is 9.78. The van der Waals surface area contributed by atoms with Crippen LogP contribution in [-0.4, -0.2) is 3.25 Å². The number of hydrogen-bond acceptors (Lipinski definition) is 0. The molecule has 0 atom stereocenters. The Bertz CT molecular complexity index is 592. The molecule has 0 aliphatic heterocycles. The van der Waals surface area contributed by atoms with Crippen LogP contribution >= 0.6 is 46.4 Å². The molecule has 0 fully saturated rings. The van der Waals surface area contributed by atoms with Gasteiger partial charge in [0, 0.05) is 0 Å². The summed E-state index contributed by atoms with van der Waals surface area (Å²) in [6, 6.07) is 21.1. The van der Waals surface area contributed by atoms with Gasteiger partial charge in [-0.05, 0) is 28.5 Å². The SMILES string of the molecule is C=C(CC(C)(C)c1ccccc1)c1ccccc1.ClC(Cl)(Cl)Cl. The Morgan fingerprint density at radius 1 is 0.826 bits per heavy atom. The molecule has 0 spiro atoms. The molecule has 0 unspecified atom stereocenters. The highest BCUT2D eigenvalue weighted by atomic mass is 35.6. The van der Waals surface area contributed by atoms with Crippen LogP contribution in [0.15, 0.2) is 67.2 Å². The first-order valence-electron chi connectivity index (χ1n) is 7.14. The molecule has 2 rings (SSSR count). The second kappa shape index (κ2) is 8.99. The predicted octanol–water partition coefficient (Wildman–Crippen LogP) is 7.62. The van der Waals surface area contributed by atoms with Gasteiger partial charge in [-0.2, -0.15) is 0 Å². The lowest BCUT2D eigenvalue weighted by Crippen LogP contribution is -2.17. The molecule has 0 aliphatic carbocycles. The standard InChI is InChI=1S/C18H20.CCl4/c1-15(16-10-6-4-7-11-16)14-18(2,3)17-12-8-5-9-13-17;2-1(3,4)5/h4-13H,1,14H2,2-3H3;. The van der Waals surface area contributed by atoms with Gasteiger partial charge < -0.3 is 0 Å². The van der Waals surface area contributed by atoms with E-state index in [0.29, 0.717) is 0 Å². The van der Waals surface area contributed by atoms with Crippen LogP contribution in [-0.2, 0) is 5.41 Å². The fourth-order valence-corrected chi connectivity index (χ4v) is 2.30. The summed E-state index contributed by atoms with van der Waals surface area (Å²) in [4.78, 5) is 0. The molecular formula is C19H20Cl4. The lowest BCUT2D eigenvalue weighted by Gasteiger charge is -2.26. The van der Waals surface area contributed by atoms with Gasteiger partial charge >= 0.3 is 0 Å². The van der Waals surface area contributed by atoms with Crippen LogP contribution in [0.5, 0.6) is 0 Å². The summed E-state index contributed by atoms with van der Waals surface area (Å²) in [6.07, 6.45) is 0.973. The minimum atomic E-state index is -1.61. The Morgan fingerprint density at radius 3 is 1.65 bits per heavy atom. The van der Waals surface area contributed by atoms with E-state index in [9.17, 15) is 0 Å². The largest absolute Gasteiger partial charge is 0.266 e. The molecule has 0 radical (unpaired) electrons. The molecule has 0 saturated carbocycles. The molecule has 0 aromatic heterocycles. The van der Waals surface area contributed by atoms with Crippen molar-refractivity contribution < 1.29 is 0 Å². The maximum absolute atomic E-state index is 4.83. The highest BCUT2D eigenvalue weighted by Gasteiger charge is 2.21. The van der Waals surface area contributed by atoms with Crippen LogP contribution in [0.2, 0.25) is 0 Å². The van der Waals surface area contributed by atoms with Gasteiger partial charge in [0.15, 0.2) is 0 Å². The van der Waals surface area contributed by atoms with Crippen molar-refractivity contribution in [2.45, 2.75) is 28.9 Å². The third kappa shape index (κ3) is 8.67. The Hall–Kier alpha value is -0.660. The summed E-state index contributed by atoms with van der Waals surface area (Å²) in [5.74, 6) is 0. The molecule has 4 heteroatoms. The molecule has 23 heavy (non-hydrogen) atoms. The Labute approximate surface area is 159 Å². The monoisotopic (exact) mass is 388 g/mol. The van der Waals surface area contributed by atoms with Crippen molar-refractivity contribution in [2.24, 2.45) is 0 Å². The van der Waals surface area contributed by atoms with Gasteiger partial charge in [0.1, 0.15) is 0 Å². The van der Waals surface area contributed by atoms with Gasteiger partial charge in [-0.25, -0.2) is 0 Å². The van der Waals surface area contributed by atoms with Crippen LogP contribution in [0.25, 0.3) is 5.57 Å². The van der Waals surface area contributed by atoms with E-state index in [1.54, 1.807) is 0 Å². The van der Waals surface area contributed by atoms with E-state index in [-0.39, 0.29) is 5.41 Å². The van der Waals surface area contributed by atoms with E-state index >= 15 is 0 Å². The van der Waals surface area contributed by atoms with Gasteiger partial charge in [-0.1, -0.05) is 127 Å². The number of alkyl halides is 4. The van der Waals surface area contributed by atoms with Crippen molar-refractivity contribution in [3.8, 4) is 0 Å². The number of halogens is 4. The highest BCUT2D eigenvalue weighted by Crippen LogP contribution is 2.33. The van der Waals surface area contributed by atoms with Crippen molar-refractivity contribution in [1.29, 1.82) is 0 Å². The molecule has 0 bridgehead atoms. The molecule has 2 aromatic rings. The van der Waals surface area contributed by atoms with Gasteiger partial charge in [0.05, 0.1) is 0 Å². The molecule has 2 aromatic carbocycles. The van der Waals surface area contributed by atoms with Crippen molar-refractivity contribution >= 4 is 52.0 Å². The van der Waals surface area contributed by atoms with Crippen LogP contribution in [0.1, 0.15) is 31.4 Å². The quantitative estimate of drug-likeness (QED) is 0.471. The van der Waals surface area contributed by atoms with Crippen LogP contribution in [0.4, 0.5) is 0 Å². The van der Waals surface area contributed by atoms with E-state index in [4.69, 9.17) is 46.4 Å². The minimum Gasteiger partial charge on any atom is -0.0952 e. The summed E-state index contributed by atoms with van der Waals surface area (Å²) in [6.45, 7) is 8.78. The van der Waals surface area contributed by atoms with Crippen molar-refractivity contribution in [1.82, 2.24) is 0 Å². The first-order valence-corrected chi connectivity index (χ1v) is 8.65. The minimum absolute atomic E-state index is 0.119. The first kappa shape index (κ1) is 20.4. The van der Waals surface area contributed by atoms with Crippen LogP contribution < -0.4 is 0 Å². The number of allylic oxidation sites excluding steroid dienone is 1. The zero-order valence-corrected chi connectivity index (χ0v) is 16.2. The second-order valence-electron chi connectivity index (χ2n) is 5.82. The topological polar surface area (TPSA) is 0 Å². The number of benzene rings is 2. The molecule has 0 N–H and O–H groups in total. The van der Waals surface area contributed by atoms with Gasteiger partial charge in [0.25, 0.3) is 3.25 Å². The molecule has 0 nitrogen and oxygen atoms in total. The van der Waals surface area contributed by atoms with Gasteiger partial charge in [-0.3, -0.25) is 0 Å². The maximum Gasteiger partial charge on any atom is 0.266 e. The average Bonchev–Trinajstić information content (AvgIpc) is 2.47. The second-order valence-corrected chi connectivity index (χ2v) is 9.25. The summed E-state index contributed by atoms with van der Waals surface area (Å²) < 4.78 is -1.61. The summed E-state index contributed by atoms with van der Waals surface area (Å²) in [5, 5.41) is 0.